The number of hydrogen-bond donors (Lipinski definition) is 2. The summed E-state index contributed by atoms with van der Waals surface area (Å²) in [6.45, 7) is -0.607. The van der Waals surface area contributed by atoms with Crippen LogP contribution in [0.15, 0.2) is 18.2 Å². The average molecular weight is 274 g/mol. The van der Waals surface area contributed by atoms with Crippen LogP contribution in [0.25, 0.3) is 0 Å². The SMILES string of the molecule is N#Cc1ccc(OCC(N)C(=O)O)c(C(F)(F)F)c1. The standard InChI is InChI=1S/C11H9F3N2O3/c12-11(13,14)7-3-6(4-15)1-2-9(7)19-5-8(16)10(17)18/h1-3,8H,5,16H2,(H,17,18). The predicted molar refractivity (Wildman–Crippen MR) is 57.3 cm³/mol. The van der Waals surface area contributed by atoms with Gasteiger partial charge in [0.25, 0.3) is 0 Å². The fourth-order valence-electron chi connectivity index (χ4n) is 1.20. The van der Waals surface area contributed by atoms with Gasteiger partial charge in [0.2, 0.25) is 0 Å². The summed E-state index contributed by atoms with van der Waals surface area (Å²) in [6.07, 6.45) is -4.71. The number of carboxylic acids is 1. The Balaban J connectivity index is 3.01. The zero-order chi connectivity index (χ0) is 14.6. The first-order valence-corrected chi connectivity index (χ1v) is 4.98. The van der Waals surface area contributed by atoms with Crippen LogP contribution < -0.4 is 10.5 Å². The molecule has 0 saturated heterocycles. The molecule has 8 heteroatoms. The number of aliphatic carboxylic acids is 1. The maximum Gasteiger partial charge on any atom is 0.420 e. The third kappa shape index (κ3) is 3.86. The Morgan fingerprint density at radius 2 is 2.16 bits per heavy atom. The first-order chi connectivity index (χ1) is 8.75. The van der Waals surface area contributed by atoms with Crippen LogP contribution in [0.3, 0.4) is 0 Å². The van der Waals surface area contributed by atoms with Gasteiger partial charge in [-0.2, -0.15) is 18.4 Å². The van der Waals surface area contributed by atoms with Gasteiger partial charge < -0.3 is 15.6 Å². The van der Waals surface area contributed by atoms with Gasteiger partial charge in [-0.25, -0.2) is 0 Å². The number of nitriles is 1. The smallest absolute Gasteiger partial charge is 0.420 e. The molecule has 0 aliphatic rings. The van der Waals surface area contributed by atoms with E-state index in [1.807, 2.05) is 0 Å². The zero-order valence-corrected chi connectivity index (χ0v) is 9.44. The minimum absolute atomic E-state index is 0.179. The summed E-state index contributed by atoms with van der Waals surface area (Å²) in [5.41, 5.74) is 3.79. The summed E-state index contributed by atoms with van der Waals surface area (Å²) >= 11 is 0. The lowest BCUT2D eigenvalue weighted by molar-refractivity contribution is -0.139. The Morgan fingerprint density at radius 3 is 2.63 bits per heavy atom. The Bertz CT molecular complexity index is 523. The molecule has 3 N–H and O–H groups in total. The third-order valence-electron chi connectivity index (χ3n) is 2.15. The third-order valence-corrected chi connectivity index (χ3v) is 2.15. The van der Waals surface area contributed by atoms with Crippen molar-refractivity contribution < 1.29 is 27.8 Å². The van der Waals surface area contributed by atoms with E-state index < -0.39 is 36.1 Å². The number of benzene rings is 1. The van der Waals surface area contributed by atoms with Crippen molar-refractivity contribution >= 4 is 5.97 Å². The van der Waals surface area contributed by atoms with Gasteiger partial charge in [0.05, 0.1) is 17.2 Å². The van der Waals surface area contributed by atoms with Crippen molar-refractivity contribution in [3.05, 3.63) is 29.3 Å². The van der Waals surface area contributed by atoms with E-state index in [0.717, 1.165) is 12.1 Å². The second-order valence-corrected chi connectivity index (χ2v) is 3.58. The molecule has 1 rings (SSSR count). The average Bonchev–Trinajstić information content (AvgIpc) is 2.34. The normalized spacial score (nSPS) is 12.6. The van der Waals surface area contributed by atoms with Gasteiger partial charge in [-0.15, -0.1) is 0 Å². The molecule has 1 atom stereocenters. The van der Waals surface area contributed by atoms with Crippen molar-refractivity contribution in [2.24, 2.45) is 5.73 Å². The van der Waals surface area contributed by atoms with Crippen LogP contribution >= 0.6 is 0 Å². The second-order valence-electron chi connectivity index (χ2n) is 3.58. The Labute approximate surface area is 106 Å². The van der Waals surface area contributed by atoms with E-state index in [0.29, 0.717) is 6.07 Å². The van der Waals surface area contributed by atoms with Crippen molar-refractivity contribution in [3.8, 4) is 11.8 Å². The minimum Gasteiger partial charge on any atom is -0.491 e. The van der Waals surface area contributed by atoms with Gasteiger partial charge in [-0.1, -0.05) is 0 Å². The molecule has 5 nitrogen and oxygen atoms in total. The molecule has 102 valence electrons. The number of halogens is 3. The molecule has 1 unspecified atom stereocenters. The number of nitrogens with two attached hydrogens (primary N) is 1. The molecular formula is C11H9F3N2O3. The van der Waals surface area contributed by atoms with Crippen molar-refractivity contribution in [2.75, 3.05) is 6.61 Å². The quantitative estimate of drug-likeness (QED) is 0.864. The predicted octanol–water partition coefficient (Wildman–Crippen LogP) is 1.37. The van der Waals surface area contributed by atoms with Gasteiger partial charge in [-0.05, 0) is 18.2 Å². The molecule has 0 fully saturated rings. The molecule has 19 heavy (non-hydrogen) atoms. The van der Waals surface area contributed by atoms with Gasteiger partial charge in [0, 0.05) is 0 Å². The molecule has 0 saturated carbocycles. The van der Waals surface area contributed by atoms with Crippen molar-refractivity contribution in [3.63, 3.8) is 0 Å². The van der Waals surface area contributed by atoms with Crippen LogP contribution in [0.4, 0.5) is 13.2 Å². The largest absolute Gasteiger partial charge is 0.491 e. The van der Waals surface area contributed by atoms with E-state index in [9.17, 15) is 18.0 Å². The molecule has 0 heterocycles. The first-order valence-electron chi connectivity index (χ1n) is 4.98. The molecule has 0 aliphatic carbocycles. The second kappa shape index (κ2) is 5.58. The number of carbonyl (C=O) groups is 1. The number of hydrogen-bond acceptors (Lipinski definition) is 4. The molecule has 0 amide bonds. The highest BCUT2D eigenvalue weighted by molar-refractivity contribution is 5.73. The van der Waals surface area contributed by atoms with Gasteiger partial charge in [-0.3, -0.25) is 4.79 Å². The van der Waals surface area contributed by atoms with Gasteiger partial charge in [0.1, 0.15) is 18.4 Å². The molecule has 0 bridgehead atoms. The van der Waals surface area contributed by atoms with Crippen LogP contribution in [-0.2, 0) is 11.0 Å². The summed E-state index contributed by atoms with van der Waals surface area (Å²) in [6, 6.07) is 2.86. The number of carboxylic acid groups (broad SMARTS) is 1. The van der Waals surface area contributed by atoms with E-state index in [1.54, 1.807) is 6.07 Å². The Kier molecular flexibility index (Phi) is 4.34. The number of rotatable bonds is 4. The molecule has 0 aromatic heterocycles. The first kappa shape index (κ1) is 14.8. The van der Waals surface area contributed by atoms with Crippen molar-refractivity contribution in [2.45, 2.75) is 12.2 Å². The van der Waals surface area contributed by atoms with Gasteiger partial charge in [0.15, 0.2) is 0 Å². The van der Waals surface area contributed by atoms with E-state index >= 15 is 0 Å². The highest BCUT2D eigenvalue weighted by Gasteiger charge is 2.35. The summed E-state index contributed by atoms with van der Waals surface area (Å²) in [5, 5.41) is 17.1. The van der Waals surface area contributed by atoms with Crippen molar-refractivity contribution in [1.29, 1.82) is 5.26 Å². The van der Waals surface area contributed by atoms with E-state index in [1.165, 1.54) is 0 Å². The lowest BCUT2D eigenvalue weighted by atomic mass is 10.1. The maximum absolute atomic E-state index is 12.7. The molecule has 0 spiro atoms. The maximum atomic E-state index is 12.7. The van der Waals surface area contributed by atoms with Crippen molar-refractivity contribution in [1.82, 2.24) is 0 Å². The molecule has 1 aromatic carbocycles. The highest BCUT2D eigenvalue weighted by atomic mass is 19.4. The van der Waals surface area contributed by atoms with Crippen LogP contribution in [0, 0.1) is 11.3 Å². The fourth-order valence-corrected chi connectivity index (χ4v) is 1.20. The lowest BCUT2D eigenvalue weighted by Crippen LogP contribution is -2.36. The molecule has 0 aliphatic heterocycles. The zero-order valence-electron chi connectivity index (χ0n) is 9.44. The highest BCUT2D eigenvalue weighted by Crippen LogP contribution is 2.36. The monoisotopic (exact) mass is 274 g/mol. The lowest BCUT2D eigenvalue weighted by Gasteiger charge is -2.15. The van der Waals surface area contributed by atoms with Crippen LogP contribution in [0.2, 0.25) is 0 Å². The number of nitrogens with zero attached hydrogens (tertiary/aromatic N) is 1. The summed E-state index contributed by atoms with van der Waals surface area (Å²) in [7, 11) is 0. The Hall–Kier alpha value is -2.27. The van der Waals surface area contributed by atoms with Gasteiger partial charge >= 0.3 is 12.1 Å². The summed E-state index contributed by atoms with van der Waals surface area (Å²) in [4.78, 5) is 10.4. The molecule has 0 radical (unpaired) electrons. The van der Waals surface area contributed by atoms with Crippen LogP contribution in [-0.4, -0.2) is 23.7 Å². The number of alkyl halides is 3. The minimum atomic E-state index is -4.71. The number of ether oxygens (including phenoxy) is 1. The van der Waals surface area contributed by atoms with Crippen LogP contribution in [0.5, 0.6) is 5.75 Å². The Morgan fingerprint density at radius 1 is 1.53 bits per heavy atom. The fraction of sp³-hybridized carbons (Fsp3) is 0.273. The molecule has 1 aromatic rings. The van der Waals surface area contributed by atoms with E-state index in [-0.39, 0.29) is 5.56 Å². The molecular weight excluding hydrogens is 265 g/mol. The van der Waals surface area contributed by atoms with Crippen LogP contribution in [0.1, 0.15) is 11.1 Å². The summed E-state index contributed by atoms with van der Waals surface area (Å²) < 4.78 is 42.9. The summed E-state index contributed by atoms with van der Waals surface area (Å²) in [5.74, 6) is -1.95. The van der Waals surface area contributed by atoms with E-state index in [2.05, 4.69) is 0 Å². The topological polar surface area (TPSA) is 96.3 Å². The van der Waals surface area contributed by atoms with E-state index in [4.69, 9.17) is 20.8 Å².